The zero-order valence-corrected chi connectivity index (χ0v) is 19.6. The Hall–Kier alpha value is -0.300. The van der Waals surface area contributed by atoms with E-state index in [1.54, 1.807) is 5.57 Å². The molecule has 0 bridgehead atoms. The number of rotatable bonds is 5. The molecule has 1 heteroatoms. The molecule has 28 heavy (non-hydrogen) atoms. The maximum Gasteiger partial charge on any atom is 0.0494 e. The molecule has 4 aliphatic carbocycles. The minimum atomic E-state index is 0.577. The quantitative estimate of drug-likeness (QED) is 0.435. The first-order chi connectivity index (χ1) is 13.6. The summed E-state index contributed by atoms with van der Waals surface area (Å²) in [5.41, 5.74) is 2.13. The van der Waals surface area contributed by atoms with Crippen LogP contribution in [-0.2, 0) is 4.74 Å². The maximum atomic E-state index is 5.77. The maximum absolute atomic E-state index is 5.77. The molecule has 0 radical (unpaired) electrons. The normalized spacial score (nSPS) is 44.5. The third kappa shape index (κ3) is 3.99. The SMILES string of the molecule is C=C(CC)C1CCC2C3CCC4CC(COCC)CCC4C3CCC12C.CC. The van der Waals surface area contributed by atoms with E-state index in [4.69, 9.17) is 4.74 Å². The van der Waals surface area contributed by atoms with Crippen LogP contribution in [0.25, 0.3) is 0 Å². The molecule has 0 aromatic carbocycles. The Morgan fingerprint density at radius 2 is 1.68 bits per heavy atom. The van der Waals surface area contributed by atoms with Gasteiger partial charge in [-0.25, -0.2) is 0 Å². The summed E-state index contributed by atoms with van der Waals surface area (Å²) in [6.45, 7) is 17.5. The van der Waals surface area contributed by atoms with Crippen LogP contribution in [0, 0.1) is 46.8 Å². The molecule has 0 heterocycles. The van der Waals surface area contributed by atoms with Crippen molar-refractivity contribution in [3.8, 4) is 0 Å². The van der Waals surface area contributed by atoms with Crippen LogP contribution in [0.1, 0.15) is 98.8 Å². The summed E-state index contributed by atoms with van der Waals surface area (Å²) in [6.07, 6.45) is 14.5. The van der Waals surface area contributed by atoms with E-state index < -0.39 is 0 Å². The molecule has 0 N–H and O–H groups in total. The molecule has 0 aromatic rings. The topological polar surface area (TPSA) is 9.23 Å². The molecular formula is C27H48O. The molecule has 0 aliphatic heterocycles. The zero-order valence-electron chi connectivity index (χ0n) is 19.6. The highest BCUT2D eigenvalue weighted by Gasteiger charge is 2.57. The van der Waals surface area contributed by atoms with Crippen molar-refractivity contribution in [3.63, 3.8) is 0 Å². The fourth-order valence-electron chi connectivity index (χ4n) is 8.30. The average Bonchev–Trinajstić information content (AvgIpc) is 3.10. The predicted octanol–water partition coefficient (Wildman–Crippen LogP) is 7.90. The molecule has 0 saturated heterocycles. The largest absolute Gasteiger partial charge is 0.381 e. The molecule has 4 saturated carbocycles. The molecule has 162 valence electrons. The Balaban J connectivity index is 0.00000109. The van der Waals surface area contributed by atoms with Gasteiger partial charge in [-0.15, -0.1) is 0 Å². The summed E-state index contributed by atoms with van der Waals surface area (Å²) in [5, 5.41) is 0. The van der Waals surface area contributed by atoms with E-state index in [0.717, 1.165) is 54.6 Å². The van der Waals surface area contributed by atoms with Crippen molar-refractivity contribution in [2.75, 3.05) is 13.2 Å². The van der Waals surface area contributed by atoms with Crippen LogP contribution in [0.4, 0.5) is 0 Å². The predicted molar refractivity (Wildman–Crippen MR) is 121 cm³/mol. The smallest absolute Gasteiger partial charge is 0.0494 e. The number of hydrogen-bond donors (Lipinski definition) is 0. The second-order valence-corrected chi connectivity index (χ2v) is 10.5. The van der Waals surface area contributed by atoms with Crippen molar-refractivity contribution in [2.45, 2.75) is 98.8 Å². The van der Waals surface area contributed by atoms with Gasteiger partial charge in [0.1, 0.15) is 0 Å². The molecule has 0 aromatic heterocycles. The van der Waals surface area contributed by atoms with Crippen molar-refractivity contribution < 1.29 is 4.74 Å². The van der Waals surface area contributed by atoms with Crippen molar-refractivity contribution >= 4 is 0 Å². The van der Waals surface area contributed by atoms with Crippen LogP contribution in [0.5, 0.6) is 0 Å². The number of hydrogen-bond acceptors (Lipinski definition) is 1. The van der Waals surface area contributed by atoms with Crippen molar-refractivity contribution in [2.24, 2.45) is 46.8 Å². The Labute approximate surface area is 176 Å². The summed E-state index contributed by atoms with van der Waals surface area (Å²) >= 11 is 0. The summed E-state index contributed by atoms with van der Waals surface area (Å²) in [6, 6.07) is 0. The van der Waals surface area contributed by atoms with Gasteiger partial charge in [0.15, 0.2) is 0 Å². The molecular weight excluding hydrogens is 340 g/mol. The standard InChI is InChI=1S/C25H42O.C2H6/c1-5-17(3)23-11-12-24-22-10-8-19-15-18(16-26-6-2)7-9-20(19)21(22)13-14-25(23,24)4;1-2/h18-24H,3,5-16H2,1-2,4H3;1-2H3. The highest BCUT2D eigenvalue weighted by Crippen LogP contribution is 2.65. The van der Waals surface area contributed by atoms with Gasteiger partial charge in [0.25, 0.3) is 0 Å². The molecule has 8 unspecified atom stereocenters. The lowest BCUT2D eigenvalue weighted by atomic mass is 9.49. The van der Waals surface area contributed by atoms with Crippen LogP contribution < -0.4 is 0 Å². The third-order valence-corrected chi connectivity index (χ3v) is 9.57. The first-order valence-corrected chi connectivity index (χ1v) is 12.8. The van der Waals surface area contributed by atoms with Crippen molar-refractivity contribution in [1.29, 1.82) is 0 Å². The van der Waals surface area contributed by atoms with Gasteiger partial charge < -0.3 is 4.74 Å². The lowest BCUT2D eigenvalue weighted by molar-refractivity contribution is -0.0696. The Kier molecular flexibility index (Phi) is 7.73. The van der Waals surface area contributed by atoms with Crippen LogP contribution >= 0.6 is 0 Å². The van der Waals surface area contributed by atoms with Gasteiger partial charge in [0.05, 0.1) is 0 Å². The molecule has 4 fully saturated rings. The van der Waals surface area contributed by atoms with Gasteiger partial charge in [-0.2, -0.15) is 0 Å². The lowest BCUT2D eigenvalue weighted by Gasteiger charge is -2.56. The number of fused-ring (bicyclic) bond motifs is 5. The van der Waals surface area contributed by atoms with Gasteiger partial charge in [-0.3, -0.25) is 0 Å². The summed E-state index contributed by atoms with van der Waals surface area (Å²) < 4.78 is 5.77. The molecule has 1 nitrogen and oxygen atoms in total. The van der Waals surface area contributed by atoms with Crippen LogP contribution in [0.15, 0.2) is 12.2 Å². The summed E-state index contributed by atoms with van der Waals surface area (Å²) in [4.78, 5) is 0. The van der Waals surface area contributed by atoms with Gasteiger partial charge in [0, 0.05) is 13.2 Å². The molecule has 0 amide bonds. The molecule has 0 spiro atoms. The van der Waals surface area contributed by atoms with Crippen molar-refractivity contribution in [3.05, 3.63) is 12.2 Å². The highest BCUT2D eigenvalue weighted by atomic mass is 16.5. The lowest BCUT2D eigenvalue weighted by Crippen LogP contribution is -2.48. The van der Waals surface area contributed by atoms with Gasteiger partial charge in [0.2, 0.25) is 0 Å². The summed E-state index contributed by atoms with van der Waals surface area (Å²) in [5.74, 6) is 6.81. The molecule has 8 atom stereocenters. The number of ether oxygens (including phenoxy) is 1. The zero-order chi connectivity index (χ0) is 20.3. The first-order valence-electron chi connectivity index (χ1n) is 12.8. The fraction of sp³-hybridized carbons (Fsp3) is 0.926. The van der Waals surface area contributed by atoms with Gasteiger partial charge in [-0.1, -0.05) is 39.8 Å². The van der Waals surface area contributed by atoms with E-state index in [1.807, 2.05) is 13.8 Å². The summed E-state index contributed by atoms with van der Waals surface area (Å²) in [7, 11) is 0. The minimum Gasteiger partial charge on any atom is -0.381 e. The monoisotopic (exact) mass is 388 g/mol. The third-order valence-electron chi connectivity index (χ3n) is 9.57. The Morgan fingerprint density at radius 3 is 2.39 bits per heavy atom. The Morgan fingerprint density at radius 1 is 0.929 bits per heavy atom. The van der Waals surface area contributed by atoms with Crippen LogP contribution in [0.3, 0.4) is 0 Å². The second kappa shape index (κ2) is 9.67. The van der Waals surface area contributed by atoms with Crippen molar-refractivity contribution in [1.82, 2.24) is 0 Å². The van der Waals surface area contributed by atoms with E-state index in [0.29, 0.717) is 5.41 Å². The Bertz CT molecular complexity index is 510. The first kappa shape index (κ1) is 22.4. The molecule has 4 rings (SSSR count). The fourth-order valence-corrected chi connectivity index (χ4v) is 8.30. The van der Waals surface area contributed by atoms with E-state index in [1.165, 1.54) is 64.2 Å². The van der Waals surface area contributed by atoms with Crippen LogP contribution in [-0.4, -0.2) is 13.2 Å². The van der Waals surface area contributed by atoms with E-state index in [2.05, 4.69) is 27.4 Å². The van der Waals surface area contributed by atoms with Gasteiger partial charge in [-0.05, 0) is 118 Å². The van der Waals surface area contributed by atoms with E-state index in [-0.39, 0.29) is 0 Å². The minimum absolute atomic E-state index is 0.577. The average molecular weight is 389 g/mol. The highest BCUT2D eigenvalue weighted by molar-refractivity contribution is 5.15. The van der Waals surface area contributed by atoms with Gasteiger partial charge >= 0.3 is 0 Å². The van der Waals surface area contributed by atoms with Crippen LogP contribution in [0.2, 0.25) is 0 Å². The molecule has 4 aliphatic rings. The second-order valence-electron chi connectivity index (χ2n) is 10.5. The number of allylic oxidation sites excluding steroid dienone is 1. The van der Waals surface area contributed by atoms with E-state index in [9.17, 15) is 0 Å². The van der Waals surface area contributed by atoms with E-state index >= 15 is 0 Å².